The number of hydrogen-bond donors (Lipinski definition) is 0. The SMILES string of the molecule is CC(C)N(Cc1cccnc1)C(=O)c1cc(Br)cn1C. The molecule has 2 aromatic rings. The molecule has 2 rings (SSSR count). The summed E-state index contributed by atoms with van der Waals surface area (Å²) >= 11 is 3.40. The number of amides is 1. The Labute approximate surface area is 127 Å². The molecule has 0 bridgehead atoms. The first kappa shape index (κ1) is 14.8. The molecule has 4 nitrogen and oxygen atoms in total. The van der Waals surface area contributed by atoms with Gasteiger partial charge in [0.2, 0.25) is 0 Å². The third-order valence-electron chi connectivity index (χ3n) is 3.15. The quantitative estimate of drug-likeness (QED) is 0.860. The van der Waals surface area contributed by atoms with Gasteiger partial charge < -0.3 is 9.47 Å². The Morgan fingerprint density at radius 1 is 1.50 bits per heavy atom. The van der Waals surface area contributed by atoms with Crippen LogP contribution in [0.5, 0.6) is 0 Å². The van der Waals surface area contributed by atoms with Gasteiger partial charge in [0.15, 0.2) is 0 Å². The van der Waals surface area contributed by atoms with E-state index in [1.165, 1.54) is 0 Å². The van der Waals surface area contributed by atoms with Crippen LogP contribution in [-0.4, -0.2) is 26.4 Å². The predicted octanol–water partition coefficient (Wildman–Crippen LogP) is 3.23. The average Bonchev–Trinajstić information content (AvgIpc) is 2.75. The lowest BCUT2D eigenvalue weighted by Gasteiger charge is -2.27. The number of carbonyl (C=O) groups excluding carboxylic acids is 1. The number of carbonyl (C=O) groups is 1. The minimum Gasteiger partial charge on any atom is -0.345 e. The Kier molecular flexibility index (Phi) is 4.60. The fraction of sp³-hybridized carbons (Fsp3) is 0.333. The minimum absolute atomic E-state index is 0.0250. The topological polar surface area (TPSA) is 38.1 Å². The van der Waals surface area contributed by atoms with Gasteiger partial charge in [0.1, 0.15) is 5.69 Å². The van der Waals surface area contributed by atoms with Gasteiger partial charge in [-0.25, -0.2) is 0 Å². The highest BCUT2D eigenvalue weighted by Gasteiger charge is 2.21. The molecule has 2 aromatic heterocycles. The molecule has 1 amide bonds. The normalized spacial score (nSPS) is 10.8. The van der Waals surface area contributed by atoms with Crippen molar-refractivity contribution in [2.45, 2.75) is 26.4 Å². The summed E-state index contributed by atoms with van der Waals surface area (Å²) in [6, 6.07) is 5.84. The summed E-state index contributed by atoms with van der Waals surface area (Å²) in [5, 5.41) is 0. The van der Waals surface area contributed by atoms with Gasteiger partial charge >= 0.3 is 0 Å². The Morgan fingerprint density at radius 3 is 2.75 bits per heavy atom. The minimum atomic E-state index is 0.0250. The largest absolute Gasteiger partial charge is 0.345 e. The van der Waals surface area contributed by atoms with Crippen molar-refractivity contribution in [1.29, 1.82) is 0 Å². The van der Waals surface area contributed by atoms with Gasteiger partial charge in [-0.2, -0.15) is 0 Å². The molecule has 0 aliphatic carbocycles. The van der Waals surface area contributed by atoms with E-state index in [1.807, 2.05) is 54.8 Å². The molecular formula is C15H18BrN3O. The van der Waals surface area contributed by atoms with Crippen LogP contribution in [0.1, 0.15) is 29.9 Å². The number of hydrogen-bond acceptors (Lipinski definition) is 2. The standard InChI is InChI=1S/C15H18BrN3O/c1-11(2)19(9-12-5-4-6-17-8-12)15(20)14-7-13(16)10-18(14)3/h4-8,10-11H,9H2,1-3H3. The van der Waals surface area contributed by atoms with Gasteiger partial charge in [0.05, 0.1) is 0 Å². The Morgan fingerprint density at radius 2 is 2.25 bits per heavy atom. The molecule has 0 aliphatic heterocycles. The number of aryl methyl sites for hydroxylation is 1. The smallest absolute Gasteiger partial charge is 0.271 e. The molecule has 0 unspecified atom stereocenters. The molecule has 0 aromatic carbocycles. The van der Waals surface area contributed by atoms with E-state index in [-0.39, 0.29) is 11.9 Å². The van der Waals surface area contributed by atoms with Crippen LogP contribution in [0.3, 0.4) is 0 Å². The molecule has 20 heavy (non-hydrogen) atoms. The molecule has 0 spiro atoms. The summed E-state index contributed by atoms with van der Waals surface area (Å²) in [5.74, 6) is 0.0250. The van der Waals surface area contributed by atoms with Crippen molar-refractivity contribution in [3.8, 4) is 0 Å². The van der Waals surface area contributed by atoms with E-state index in [9.17, 15) is 4.79 Å². The highest BCUT2D eigenvalue weighted by atomic mass is 79.9. The zero-order valence-corrected chi connectivity index (χ0v) is 13.5. The second-order valence-electron chi connectivity index (χ2n) is 5.04. The molecule has 0 saturated carbocycles. The molecule has 0 fully saturated rings. The summed E-state index contributed by atoms with van der Waals surface area (Å²) < 4.78 is 2.75. The first-order valence-electron chi connectivity index (χ1n) is 6.50. The predicted molar refractivity (Wildman–Crippen MR) is 82.4 cm³/mol. The van der Waals surface area contributed by atoms with Gasteiger partial charge in [-0.3, -0.25) is 9.78 Å². The highest BCUT2D eigenvalue weighted by molar-refractivity contribution is 9.10. The van der Waals surface area contributed by atoms with E-state index in [1.54, 1.807) is 12.4 Å². The van der Waals surface area contributed by atoms with Gasteiger partial charge in [-0.1, -0.05) is 6.07 Å². The molecule has 0 atom stereocenters. The van der Waals surface area contributed by atoms with Crippen LogP contribution < -0.4 is 0 Å². The first-order chi connectivity index (χ1) is 9.49. The average molecular weight is 336 g/mol. The van der Waals surface area contributed by atoms with Crippen molar-refractivity contribution in [2.24, 2.45) is 7.05 Å². The van der Waals surface area contributed by atoms with Crippen LogP contribution in [-0.2, 0) is 13.6 Å². The lowest BCUT2D eigenvalue weighted by molar-refractivity contribution is 0.0680. The summed E-state index contributed by atoms with van der Waals surface area (Å²) in [6.07, 6.45) is 5.42. The number of pyridine rings is 1. The summed E-state index contributed by atoms with van der Waals surface area (Å²) in [5.41, 5.74) is 1.71. The highest BCUT2D eigenvalue weighted by Crippen LogP contribution is 2.18. The summed E-state index contributed by atoms with van der Waals surface area (Å²) in [7, 11) is 1.88. The van der Waals surface area contributed by atoms with Crippen LogP contribution >= 0.6 is 15.9 Å². The van der Waals surface area contributed by atoms with Crippen LogP contribution in [0.15, 0.2) is 41.3 Å². The van der Waals surface area contributed by atoms with Crippen molar-refractivity contribution < 1.29 is 4.79 Å². The maximum atomic E-state index is 12.7. The monoisotopic (exact) mass is 335 g/mol. The molecule has 106 valence electrons. The fourth-order valence-electron chi connectivity index (χ4n) is 2.06. The molecule has 2 heterocycles. The number of rotatable bonds is 4. The summed E-state index contributed by atoms with van der Waals surface area (Å²) in [6.45, 7) is 4.60. The Bertz CT molecular complexity index is 592. The number of aromatic nitrogens is 2. The van der Waals surface area contributed by atoms with E-state index in [0.717, 1.165) is 10.0 Å². The second kappa shape index (κ2) is 6.22. The van der Waals surface area contributed by atoms with Crippen molar-refractivity contribution in [3.63, 3.8) is 0 Å². The van der Waals surface area contributed by atoms with E-state index in [2.05, 4.69) is 20.9 Å². The molecule has 0 saturated heterocycles. The van der Waals surface area contributed by atoms with Crippen LogP contribution in [0.2, 0.25) is 0 Å². The van der Waals surface area contributed by atoms with Crippen molar-refractivity contribution >= 4 is 21.8 Å². The molecule has 0 N–H and O–H groups in total. The number of halogens is 1. The maximum absolute atomic E-state index is 12.7. The zero-order valence-electron chi connectivity index (χ0n) is 11.9. The van der Waals surface area contributed by atoms with Gasteiger partial charge in [-0.05, 0) is 47.5 Å². The molecule has 0 aliphatic rings. The third-order valence-corrected chi connectivity index (χ3v) is 3.58. The lowest BCUT2D eigenvalue weighted by Crippen LogP contribution is -2.37. The maximum Gasteiger partial charge on any atom is 0.271 e. The third kappa shape index (κ3) is 3.28. The van der Waals surface area contributed by atoms with Gasteiger partial charge in [0, 0.05) is 42.7 Å². The Balaban J connectivity index is 2.25. The van der Waals surface area contributed by atoms with Gasteiger partial charge in [-0.15, -0.1) is 0 Å². The fourth-order valence-corrected chi connectivity index (χ4v) is 2.59. The lowest BCUT2D eigenvalue weighted by atomic mass is 10.2. The summed E-state index contributed by atoms with van der Waals surface area (Å²) in [4.78, 5) is 18.6. The zero-order chi connectivity index (χ0) is 14.7. The van der Waals surface area contributed by atoms with Crippen molar-refractivity contribution in [3.05, 3.63) is 52.5 Å². The molecular weight excluding hydrogens is 318 g/mol. The molecule has 5 heteroatoms. The molecule has 0 radical (unpaired) electrons. The van der Waals surface area contributed by atoms with E-state index >= 15 is 0 Å². The van der Waals surface area contributed by atoms with Crippen LogP contribution in [0, 0.1) is 0 Å². The van der Waals surface area contributed by atoms with Crippen molar-refractivity contribution in [2.75, 3.05) is 0 Å². The van der Waals surface area contributed by atoms with Crippen molar-refractivity contribution in [1.82, 2.24) is 14.5 Å². The second-order valence-corrected chi connectivity index (χ2v) is 5.96. The number of nitrogens with zero attached hydrogens (tertiary/aromatic N) is 3. The van der Waals surface area contributed by atoms with Crippen LogP contribution in [0.25, 0.3) is 0 Å². The van der Waals surface area contributed by atoms with E-state index in [4.69, 9.17) is 0 Å². The van der Waals surface area contributed by atoms with E-state index in [0.29, 0.717) is 12.2 Å². The van der Waals surface area contributed by atoms with E-state index < -0.39 is 0 Å². The Hall–Kier alpha value is -1.62. The first-order valence-corrected chi connectivity index (χ1v) is 7.30. The van der Waals surface area contributed by atoms with Gasteiger partial charge in [0.25, 0.3) is 5.91 Å². The van der Waals surface area contributed by atoms with Crippen LogP contribution in [0.4, 0.5) is 0 Å².